The quantitative estimate of drug-likeness (QED) is 0.581. The van der Waals surface area contributed by atoms with Crippen molar-refractivity contribution in [1.29, 1.82) is 0 Å². The Morgan fingerprint density at radius 1 is 1.00 bits per heavy atom. The van der Waals surface area contributed by atoms with E-state index in [0.29, 0.717) is 12.2 Å². The fraction of sp³-hybridized carbons (Fsp3) is 0.333. The number of benzene rings is 2. The molecule has 0 aromatic heterocycles. The number of unbranched alkanes of at least 4 members (excludes halogenated alkanes) is 1. The Morgan fingerprint density at radius 3 is 2.30 bits per heavy atom. The van der Waals surface area contributed by atoms with Gasteiger partial charge in [0.1, 0.15) is 0 Å². The summed E-state index contributed by atoms with van der Waals surface area (Å²) in [6.07, 6.45) is -2.84. The van der Waals surface area contributed by atoms with Crippen molar-refractivity contribution in [3.05, 3.63) is 59.7 Å². The normalized spacial score (nSPS) is 11.1. The van der Waals surface area contributed by atoms with Crippen LogP contribution in [-0.2, 0) is 6.18 Å². The van der Waals surface area contributed by atoms with Crippen LogP contribution in [0.1, 0.15) is 35.7 Å². The van der Waals surface area contributed by atoms with Gasteiger partial charge in [0.25, 0.3) is 5.91 Å². The van der Waals surface area contributed by atoms with Gasteiger partial charge < -0.3 is 20.6 Å². The van der Waals surface area contributed by atoms with E-state index in [1.54, 1.807) is 12.1 Å². The lowest BCUT2D eigenvalue weighted by atomic mass is 10.1. The Hall–Kier alpha value is -3.07. The number of nitrogens with zero attached hydrogens (tertiary/aromatic N) is 1. The highest BCUT2D eigenvalue weighted by Gasteiger charge is 2.30. The molecule has 3 N–H and O–H groups in total. The third-order valence-corrected chi connectivity index (χ3v) is 4.26. The topological polar surface area (TPSA) is 81.7 Å². The van der Waals surface area contributed by atoms with Crippen molar-refractivity contribution in [2.45, 2.75) is 25.9 Å². The molecular formula is C21H24F3N3O3. The van der Waals surface area contributed by atoms with Gasteiger partial charge in [0.2, 0.25) is 0 Å². The number of urea groups is 1. The minimum absolute atomic E-state index is 0.0120. The molecule has 30 heavy (non-hydrogen) atoms. The number of carbonyl (C=O) groups is 2. The van der Waals surface area contributed by atoms with E-state index in [0.717, 1.165) is 25.0 Å². The summed E-state index contributed by atoms with van der Waals surface area (Å²) in [5.74, 6) is -0.608. The number of alkyl halides is 3. The van der Waals surface area contributed by atoms with Crippen LogP contribution >= 0.6 is 0 Å². The van der Waals surface area contributed by atoms with Gasteiger partial charge >= 0.3 is 12.2 Å². The smallest absolute Gasteiger partial charge is 0.395 e. The number of rotatable bonds is 8. The molecule has 0 aliphatic rings. The zero-order valence-electron chi connectivity index (χ0n) is 16.5. The molecule has 9 heteroatoms. The molecule has 0 fully saturated rings. The number of halogens is 3. The van der Waals surface area contributed by atoms with Gasteiger partial charge in [0, 0.05) is 30.0 Å². The number of carbonyl (C=O) groups excluding carboxylic acids is 2. The highest BCUT2D eigenvalue weighted by molar-refractivity contribution is 6.05. The second-order valence-electron chi connectivity index (χ2n) is 6.61. The highest BCUT2D eigenvalue weighted by atomic mass is 19.4. The Bertz CT molecular complexity index is 872. The van der Waals surface area contributed by atoms with Crippen molar-refractivity contribution in [2.75, 3.05) is 30.3 Å². The van der Waals surface area contributed by atoms with Crippen LogP contribution in [0.15, 0.2) is 48.5 Å². The predicted molar refractivity (Wildman–Crippen MR) is 108 cm³/mol. The average molecular weight is 423 g/mol. The van der Waals surface area contributed by atoms with Gasteiger partial charge in [-0.3, -0.25) is 4.79 Å². The van der Waals surface area contributed by atoms with Crippen LogP contribution < -0.4 is 10.6 Å². The number of amides is 3. The molecule has 0 aliphatic carbocycles. The molecule has 0 heterocycles. The maximum atomic E-state index is 12.8. The van der Waals surface area contributed by atoms with Crippen LogP contribution in [0.5, 0.6) is 0 Å². The van der Waals surface area contributed by atoms with E-state index in [9.17, 15) is 22.8 Å². The molecule has 3 amide bonds. The van der Waals surface area contributed by atoms with E-state index in [4.69, 9.17) is 5.11 Å². The average Bonchev–Trinajstić information content (AvgIpc) is 2.70. The predicted octanol–water partition coefficient (Wildman–Crippen LogP) is 4.58. The van der Waals surface area contributed by atoms with Crippen LogP contribution in [0.25, 0.3) is 0 Å². The number of anilines is 2. The van der Waals surface area contributed by atoms with Crippen molar-refractivity contribution in [1.82, 2.24) is 4.90 Å². The van der Waals surface area contributed by atoms with Crippen molar-refractivity contribution in [3.63, 3.8) is 0 Å². The van der Waals surface area contributed by atoms with Crippen molar-refractivity contribution < 1.29 is 27.9 Å². The van der Waals surface area contributed by atoms with Crippen molar-refractivity contribution in [3.8, 4) is 0 Å². The summed E-state index contributed by atoms with van der Waals surface area (Å²) >= 11 is 0. The molecular weight excluding hydrogens is 399 g/mol. The molecule has 0 unspecified atom stereocenters. The van der Waals surface area contributed by atoms with E-state index < -0.39 is 23.7 Å². The van der Waals surface area contributed by atoms with Gasteiger partial charge in [-0.1, -0.05) is 25.5 Å². The lowest BCUT2D eigenvalue weighted by Gasteiger charge is -2.22. The van der Waals surface area contributed by atoms with Crippen LogP contribution in [-0.4, -0.2) is 41.6 Å². The van der Waals surface area contributed by atoms with E-state index in [1.165, 1.54) is 29.2 Å². The van der Waals surface area contributed by atoms with Gasteiger partial charge in [-0.25, -0.2) is 4.79 Å². The zero-order chi connectivity index (χ0) is 22.1. The monoisotopic (exact) mass is 423 g/mol. The first-order chi connectivity index (χ1) is 14.2. The number of hydrogen-bond donors (Lipinski definition) is 3. The highest BCUT2D eigenvalue weighted by Crippen LogP contribution is 2.30. The molecule has 0 radical (unpaired) electrons. The molecule has 0 atom stereocenters. The second-order valence-corrected chi connectivity index (χ2v) is 6.61. The molecule has 2 aromatic carbocycles. The van der Waals surface area contributed by atoms with Gasteiger partial charge in [0.15, 0.2) is 0 Å². The molecule has 2 aromatic rings. The lowest BCUT2D eigenvalue weighted by molar-refractivity contribution is -0.137. The molecule has 2 rings (SSSR count). The van der Waals surface area contributed by atoms with Crippen LogP contribution in [0.2, 0.25) is 0 Å². The molecule has 0 saturated carbocycles. The summed E-state index contributed by atoms with van der Waals surface area (Å²) in [5.41, 5.74) is -0.320. The second kappa shape index (κ2) is 10.6. The summed E-state index contributed by atoms with van der Waals surface area (Å²) in [6, 6.07) is 9.99. The molecule has 0 aliphatic heterocycles. The molecule has 0 bridgehead atoms. The first kappa shape index (κ1) is 23.2. The van der Waals surface area contributed by atoms with Crippen molar-refractivity contribution in [2.24, 2.45) is 0 Å². The maximum absolute atomic E-state index is 12.8. The Kier molecular flexibility index (Phi) is 8.23. The first-order valence-electron chi connectivity index (χ1n) is 9.50. The minimum atomic E-state index is -4.51. The number of hydrogen-bond acceptors (Lipinski definition) is 3. The van der Waals surface area contributed by atoms with E-state index >= 15 is 0 Å². The largest absolute Gasteiger partial charge is 0.416 e. The molecule has 0 saturated heterocycles. The Morgan fingerprint density at radius 2 is 1.67 bits per heavy atom. The first-order valence-corrected chi connectivity index (χ1v) is 9.50. The SMILES string of the molecule is CCCCN(CCO)C(=O)Nc1cccc(C(=O)Nc2cccc(C(F)(F)F)c2)c1. The fourth-order valence-electron chi connectivity index (χ4n) is 2.70. The molecule has 6 nitrogen and oxygen atoms in total. The third-order valence-electron chi connectivity index (χ3n) is 4.26. The number of aliphatic hydroxyl groups is 1. The maximum Gasteiger partial charge on any atom is 0.416 e. The van der Waals surface area contributed by atoms with Gasteiger partial charge in [-0.2, -0.15) is 13.2 Å². The molecule has 162 valence electrons. The summed E-state index contributed by atoms with van der Waals surface area (Å²) in [4.78, 5) is 26.3. The third kappa shape index (κ3) is 6.77. The van der Waals surface area contributed by atoms with E-state index in [1.807, 2.05) is 6.92 Å². The summed E-state index contributed by atoms with van der Waals surface area (Å²) < 4.78 is 38.5. The standard InChI is InChI=1S/C21H24F3N3O3/c1-2-3-10-27(11-12-28)20(30)26-17-8-4-6-15(13-17)19(29)25-18-9-5-7-16(14-18)21(22,23)24/h4-9,13-14,28H,2-3,10-12H2,1H3,(H,25,29)(H,26,30). The lowest BCUT2D eigenvalue weighted by Crippen LogP contribution is -2.37. The zero-order valence-corrected chi connectivity index (χ0v) is 16.5. The van der Waals surface area contributed by atoms with E-state index in [-0.39, 0.29) is 24.4 Å². The van der Waals surface area contributed by atoms with Gasteiger partial charge in [-0.15, -0.1) is 0 Å². The summed E-state index contributed by atoms with van der Waals surface area (Å²) in [5, 5.41) is 14.2. The van der Waals surface area contributed by atoms with Crippen LogP contribution in [0.4, 0.5) is 29.3 Å². The van der Waals surface area contributed by atoms with Gasteiger partial charge in [-0.05, 0) is 42.8 Å². The number of aliphatic hydroxyl groups excluding tert-OH is 1. The summed E-state index contributed by atoms with van der Waals surface area (Å²) in [7, 11) is 0. The minimum Gasteiger partial charge on any atom is -0.395 e. The fourth-order valence-corrected chi connectivity index (χ4v) is 2.70. The van der Waals surface area contributed by atoms with Crippen LogP contribution in [0.3, 0.4) is 0 Å². The Labute approximate surface area is 172 Å². The van der Waals surface area contributed by atoms with Crippen molar-refractivity contribution >= 4 is 23.3 Å². The van der Waals surface area contributed by atoms with E-state index in [2.05, 4.69) is 10.6 Å². The van der Waals surface area contributed by atoms with Gasteiger partial charge in [0.05, 0.1) is 12.2 Å². The Balaban J connectivity index is 2.09. The number of nitrogens with one attached hydrogen (secondary N) is 2. The summed E-state index contributed by atoms with van der Waals surface area (Å²) in [6.45, 7) is 2.48. The van der Waals surface area contributed by atoms with Crippen LogP contribution in [0, 0.1) is 0 Å². The molecule has 0 spiro atoms.